The third-order valence-corrected chi connectivity index (χ3v) is 4.71. The second-order valence-electron chi connectivity index (χ2n) is 6.29. The van der Waals surface area contributed by atoms with Gasteiger partial charge in [0.05, 0.1) is 0 Å². The highest BCUT2D eigenvalue weighted by Crippen LogP contribution is 2.18. The van der Waals surface area contributed by atoms with Crippen LogP contribution in [-0.2, 0) is 4.79 Å². The molecular weight excluding hydrogens is 368 g/mol. The van der Waals surface area contributed by atoms with Crippen molar-refractivity contribution in [2.75, 3.05) is 37.7 Å². The number of halogens is 1. The van der Waals surface area contributed by atoms with Gasteiger partial charge in [0.15, 0.2) is 12.3 Å². The summed E-state index contributed by atoms with van der Waals surface area (Å²) < 4.78 is 7.23. The third kappa shape index (κ3) is 4.11. The molecule has 140 valence electrons. The van der Waals surface area contributed by atoms with E-state index < -0.39 is 0 Å². The molecule has 1 amide bonds. The summed E-state index contributed by atoms with van der Waals surface area (Å²) in [6, 6.07) is 10.9. The first-order valence-electron chi connectivity index (χ1n) is 8.77. The van der Waals surface area contributed by atoms with Crippen molar-refractivity contribution in [1.29, 1.82) is 0 Å². The van der Waals surface area contributed by atoms with Crippen LogP contribution in [0.25, 0.3) is 5.65 Å². The number of nitrogens with zero attached hydrogens (tertiary/aromatic N) is 6. The van der Waals surface area contributed by atoms with Gasteiger partial charge in [-0.2, -0.15) is 4.52 Å². The largest absolute Gasteiger partial charge is 0.484 e. The summed E-state index contributed by atoms with van der Waals surface area (Å²) >= 11 is 5.94. The molecule has 0 N–H and O–H groups in total. The molecule has 0 aliphatic carbocycles. The number of benzene rings is 1. The summed E-state index contributed by atoms with van der Waals surface area (Å²) in [5.74, 6) is 1.42. The molecule has 2 aromatic heterocycles. The highest BCUT2D eigenvalue weighted by molar-refractivity contribution is 6.30. The molecule has 0 spiro atoms. The molecule has 0 radical (unpaired) electrons. The van der Waals surface area contributed by atoms with Crippen LogP contribution in [0, 0.1) is 0 Å². The lowest BCUT2D eigenvalue weighted by molar-refractivity contribution is -0.133. The fourth-order valence-corrected chi connectivity index (χ4v) is 3.26. The standard InChI is InChI=1S/C18H19ClN6O2/c19-14-3-1-4-15(11-14)27-12-18(26)24-8-2-7-23(9-10-24)17-6-5-16-21-20-13-25(16)22-17/h1,3-6,11,13H,2,7-10,12H2. The average Bonchev–Trinajstić information content (AvgIpc) is 3.01. The molecule has 0 atom stereocenters. The van der Waals surface area contributed by atoms with Gasteiger partial charge in [-0.05, 0) is 36.8 Å². The van der Waals surface area contributed by atoms with Crippen molar-refractivity contribution in [2.24, 2.45) is 0 Å². The van der Waals surface area contributed by atoms with E-state index in [9.17, 15) is 4.79 Å². The van der Waals surface area contributed by atoms with Crippen LogP contribution >= 0.6 is 11.6 Å². The van der Waals surface area contributed by atoms with Crippen LogP contribution in [0.4, 0.5) is 5.82 Å². The number of amides is 1. The van der Waals surface area contributed by atoms with Crippen LogP contribution in [-0.4, -0.2) is 63.4 Å². The van der Waals surface area contributed by atoms with Gasteiger partial charge < -0.3 is 14.5 Å². The van der Waals surface area contributed by atoms with Crippen molar-refractivity contribution in [3.8, 4) is 5.75 Å². The second-order valence-corrected chi connectivity index (χ2v) is 6.73. The summed E-state index contributed by atoms with van der Waals surface area (Å²) in [4.78, 5) is 16.5. The normalized spacial score (nSPS) is 15.0. The van der Waals surface area contributed by atoms with Crippen molar-refractivity contribution < 1.29 is 9.53 Å². The molecule has 1 saturated heterocycles. The van der Waals surface area contributed by atoms with Crippen molar-refractivity contribution in [3.63, 3.8) is 0 Å². The maximum absolute atomic E-state index is 12.5. The van der Waals surface area contributed by atoms with Crippen LogP contribution in [0.1, 0.15) is 6.42 Å². The lowest BCUT2D eigenvalue weighted by Gasteiger charge is -2.22. The lowest BCUT2D eigenvalue weighted by Crippen LogP contribution is -2.38. The van der Waals surface area contributed by atoms with Gasteiger partial charge in [0.2, 0.25) is 0 Å². The van der Waals surface area contributed by atoms with E-state index in [-0.39, 0.29) is 12.5 Å². The smallest absolute Gasteiger partial charge is 0.260 e. The zero-order valence-electron chi connectivity index (χ0n) is 14.7. The Morgan fingerprint density at radius 1 is 1.15 bits per heavy atom. The molecule has 4 rings (SSSR count). The number of rotatable bonds is 4. The monoisotopic (exact) mass is 386 g/mol. The summed E-state index contributed by atoms with van der Waals surface area (Å²) in [6.45, 7) is 2.87. The minimum absolute atomic E-state index is 0.00522. The second kappa shape index (κ2) is 7.79. The van der Waals surface area contributed by atoms with Gasteiger partial charge in [-0.3, -0.25) is 4.79 Å². The van der Waals surface area contributed by atoms with Gasteiger partial charge in [0.1, 0.15) is 17.9 Å². The SMILES string of the molecule is O=C(COc1cccc(Cl)c1)N1CCCN(c2ccc3nncn3n2)CC1. The summed E-state index contributed by atoms with van der Waals surface area (Å²) in [5, 5.41) is 12.9. The summed E-state index contributed by atoms with van der Waals surface area (Å²) in [5.41, 5.74) is 0.712. The van der Waals surface area contributed by atoms with Crippen molar-refractivity contribution in [3.05, 3.63) is 47.7 Å². The van der Waals surface area contributed by atoms with Gasteiger partial charge in [-0.25, -0.2) is 0 Å². The number of carbonyl (C=O) groups is 1. The van der Waals surface area contributed by atoms with E-state index in [4.69, 9.17) is 16.3 Å². The van der Waals surface area contributed by atoms with E-state index >= 15 is 0 Å². The number of carbonyl (C=O) groups excluding carboxylic acids is 1. The highest BCUT2D eigenvalue weighted by atomic mass is 35.5. The number of anilines is 1. The van der Waals surface area contributed by atoms with Gasteiger partial charge >= 0.3 is 0 Å². The first-order valence-corrected chi connectivity index (χ1v) is 9.15. The zero-order chi connectivity index (χ0) is 18.6. The Kier molecular flexibility index (Phi) is 5.06. The molecule has 1 aliphatic heterocycles. The molecule has 3 aromatic rings. The lowest BCUT2D eigenvalue weighted by atomic mass is 10.3. The minimum atomic E-state index is -0.0287. The Hall–Kier alpha value is -2.87. The molecule has 1 aliphatic rings. The van der Waals surface area contributed by atoms with Gasteiger partial charge in [0.25, 0.3) is 5.91 Å². The molecular formula is C18H19ClN6O2. The Morgan fingerprint density at radius 3 is 2.96 bits per heavy atom. The molecule has 0 bridgehead atoms. The van der Waals surface area contributed by atoms with E-state index in [0.717, 1.165) is 18.8 Å². The highest BCUT2D eigenvalue weighted by Gasteiger charge is 2.20. The predicted octanol–water partition coefficient (Wildman–Crippen LogP) is 1.90. The zero-order valence-corrected chi connectivity index (χ0v) is 15.4. The van der Waals surface area contributed by atoms with E-state index in [2.05, 4.69) is 20.2 Å². The van der Waals surface area contributed by atoms with Gasteiger partial charge in [0, 0.05) is 31.2 Å². The van der Waals surface area contributed by atoms with Crippen LogP contribution in [0.5, 0.6) is 5.75 Å². The number of hydrogen-bond donors (Lipinski definition) is 0. The van der Waals surface area contributed by atoms with E-state index in [1.54, 1.807) is 35.1 Å². The minimum Gasteiger partial charge on any atom is -0.484 e. The van der Waals surface area contributed by atoms with E-state index in [0.29, 0.717) is 36.1 Å². The molecule has 9 heteroatoms. The first-order chi connectivity index (χ1) is 13.2. The first kappa shape index (κ1) is 17.5. The number of ether oxygens (including phenoxy) is 1. The number of hydrogen-bond acceptors (Lipinski definition) is 6. The average molecular weight is 387 g/mol. The molecule has 8 nitrogen and oxygen atoms in total. The third-order valence-electron chi connectivity index (χ3n) is 4.48. The van der Waals surface area contributed by atoms with Crippen molar-refractivity contribution in [1.82, 2.24) is 24.7 Å². The predicted molar refractivity (Wildman–Crippen MR) is 101 cm³/mol. The van der Waals surface area contributed by atoms with E-state index in [1.165, 1.54) is 0 Å². The van der Waals surface area contributed by atoms with Crippen LogP contribution < -0.4 is 9.64 Å². The molecule has 0 unspecified atom stereocenters. The Labute approximate surface area is 161 Å². The maximum atomic E-state index is 12.5. The molecule has 0 saturated carbocycles. The molecule has 27 heavy (non-hydrogen) atoms. The number of fused-ring (bicyclic) bond motifs is 1. The van der Waals surface area contributed by atoms with Crippen LogP contribution in [0.15, 0.2) is 42.7 Å². The number of aromatic nitrogens is 4. The Balaban J connectivity index is 1.35. The topological polar surface area (TPSA) is 75.9 Å². The van der Waals surface area contributed by atoms with Crippen molar-refractivity contribution in [2.45, 2.75) is 6.42 Å². The fourth-order valence-electron chi connectivity index (χ4n) is 3.08. The van der Waals surface area contributed by atoms with Crippen LogP contribution in [0.2, 0.25) is 5.02 Å². The quantitative estimate of drug-likeness (QED) is 0.681. The van der Waals surface area contributed by atoms with Gasteiger partial charge in [-0.15, -0.1) is 15.3 Å². The Morgan fingerprint density at radius 2 is 2.07 bits per heavy atom. The van der Waals surface area contributed by atoms with Crippen molar-refractivity contribution >= 4 is 29.0 Å². The van der Waals surface area contributed by atoms with Crippen LogP contribution in [0.3, 0.4) is 0 Å². The maximum Gasteiger partial charge on any atom is 0.260 e. The Bertz CT molecular complexity index is 946. The molecule has 1 fully saturated rings. The summed E-state index contributed by atoms with van der Waals surface area (Å²) in [7, 11) is 0. The molecule has 3 heterocycles. The summed E-state index contributed by atoms with van der Waals surface area (Å²) in [6.07, 6.45) is 2.45. The van der Waals surface area contributed by atoms with E-state index in [1.807, 2.05) is 17.0 Å². The molecule has 1 aromatic carbocycles. The van der Waals surface area contributed by atoms with Gasteiger partial charge in [-0.1, -0.05) is 17.7 Å². The fraction of sp³-hybridized carbons (Fsp3) is 0.333.